The van der Waals surface area contributed by atoms with Crippen LogP contribution in [0.3, 0.4) is 0 Å². The summed E-state index contributed by atoms with van der Waals surface area (Å²) in [4.78, 5) is 15.6. The number of hydrogen-bond donors (Lipinski definition) is 1. The van der Waals surface area contributed by atoms with Crippen LogP contribution < -0.4 is 0 Å². The SMILES string of the molecule is N#Cc1cc(Br)ccc1Sc1nc(CC(=O)O)cs1. The van der Waals surface area contributed by atoms with Crippen molar-refractivity contribution in [1.82, 2.24) is 4.98 Å². The van der Waals surface area contributed by atoms with Gasteiger partial charge in [-0.15, -0.1) is 11.3 Å². The Hall–Kier alpha value is -1.36. The van der Waals surface area contributed by atoms with E-state index in [9.17, 15) is 4.79 Å². The number of nitrogens with zero attached hydrogens (tertiary/aromatic N) is 2. The lowest BCUT2D eigenvalue weighted by atomic mass is 10.2. The van der Waals surface area contributed by atoms with Crippen LogP contribution in [-0.4, -0.2) is 16.1 Å². The second-order valence-corrected chi connectivity index (χ2v) is 6.59. The van der Waals surface area contributed by atoms with Gasteiger partial charge in [0.15, 0.2) is 4.34 Å². The molecule has 1 aromatic heterocycles. The minimum atomic E-state index is -0.900. The Morgan fingerprint density at radius 1 is 1.58 bits per heavy atom. The minimum absolute atomic E-state index is 0.0808. The second kappa shape index (κ2) is 6.19. The predicted molar refractivity (Wildman–Crippen MR) is 76.4 cm³/mol. The number of halogens is 1. The number of nitriles is 1. The van der Waals surface area contributed by atoms with E-state index in [1.807, 2.05) is 12.1 Å². The van der Waals surface area contributed by atoms with Crippen molar-refractivity contribution in [1.29, 1.82) is 5.26 Å². The van der Waals surface area contributed by atoms with Gasteiger partial charge in [0, 0.05) is 14.7 Å². The molecule has 0 bridgehead atoms. The second-order valence-electron chi connectivity index (χ2n) is 3.53. The van der Waals surface area contributed by atoms with E-state index in [1.165, 1.54) is 23.1 Å². The maximum atomic E-state index is 10.6. The van der Waals surface area contributed by atoms with E-state index < -0.39 is 5.97 Å². The van der Waals surface area contributed by atoms with Gasteiger partial charge in [-0.2, -0.15) is 5.26 Å². The highest BCUT2D eigenvalue weighted by Gasteiger charge is 2.10. The number of hydrogen-bond acceptors (Lipinski definition) is 5. The van der Waals surface area contributed by atoms with Crippen LogP contribution in [0.4, 0.5) is 0 Å². The third-order valence-corrected chi connectivity index (χ3v) is 4.68. The molecule has 2 rings (SSSR count). The molecular weight excluding hydrogens is 348 g/mol. The maximum absolute atomic E-state index is 10.6. The lowest BCUT2D eigenvalue weighted by Gasteiger charge is -2.01. The summed E-state index contributed by atoms with van der Waals surface area (Å²) < 4.78 is 1.58. The van der Waals surface area contributed by atoms with Crippen LogP contribution in [0.1, 0.15) is 11.3 Å². The van der Waals surface area contributed by atoms with E-state index >= 15 is 0 Å². The van der Waals surface area contributed by atoms with Crippen molar-refractivity contribution in [2.45, 2.75) is 15.7 Å². The molecule has 0 radical (unpaired) electrons. The number of benzene rings is 1. The number of carboxylic acid groups (broad SMARTS) is 1. The Bertz CT molecular complexity index is 664. The molecule has 1 N–H and O–H groups in total. The largest absolute Gasteiger partial charge is 0.481 e. The summed E-state index contributed by atoms with van der Waals surface area (Å²) in [6.07, 6.45) is -0.0808. The minimum Gasteiger partial charge on any atom is -0.481 e. The van der Waals surface area contributed by atoms with Gasteiger partial charge < -0.3 is 5.11 Å². The highest BCUT2D eigenvalue weighted by Crippen LogP contribution is 2.33. The molecule has 4 nitrogen and oxygen atoms in total. The monoisotopic (exact) mass is 354 g/mol. The van der Waals surface area contributed by atoms with Crippen molar-refractivity contribution in [3.63, 3.8) is 0 Å². The zero-order chi connectivity index (χ0) is 13.8. The lowest BCUT2D eigenvalue weighted by molar-refractivity contribution is -0.136. The highest BCUT2D eigenvalue weighted by atomic mass is 79.9. The fourth-order valence-electron chi connectivity index (χ4n) is 1.34. The summed E-state index contributed by atoms with van der Waals surface area (Å²) in [5.41, 5.74) is 1.10. The van der Waals surface area contributed by atoms with Crippen LogP contribution in [0.25, 0.3) is 0 Å². The molecule has 0 unspecified atom stereocenters. The quantitative estimate of drug-likeness (QED) is 0.908. The first-order valence-corrected chi connectivity index (χ1v) is 7.61. The Kier molecular flexibility index (Phi) is 4.58. The first kappa shape index (κ1) is 14.1. The van der Waals surface area contributed by atoms with E-state index in [-0.39, 0.29) is 6.42 Å². The van der Waals surface area contributed by atoms with Crippen LogP contribution in [0, 0.1) is 11.3 Å². The van der Waals surface area contributed by atoms with Crippen molar-refractivity contribution < 1.29 is 9.90 Å². The lowest BCUT2D eigenvalue weighted by Crippen LogP contribution is -1.99. The number of carbonyl (C=O) groups is 1. The van der Waals surface area contributed by atoms with Gasteiger partial charge in [-0.25, -0.2) is 4.98 Å². The highest BCUT2D eigenvalue weighted by molar-refractivity contribution is 9.10. The number of thiazole rings is 1. The van der Waals surface area contributed by atoms with Gasteiger partial charge >= 0.3 is 5.97 Å². The molecule has 0 spiro atoms. The van der Waals surface area contributed by atoms with E-state index in [0.717, 1.165) is 13.7 Å². The molecule has 7 heteroatoms. The fraction of sp³-hybridized carbons (Fsp3) is 0.0833. The number of rotatable bonds is 4. The molecule has 0 saturated heterocycles. The van der Waals surface area contributed by atoms with Gasteiger partial charge in [0.05, 0.1) is 17.7 Å². The molecule has 0 aliphatic carbocycles. The molecule has 0 aliphatic rings. The summed E-state index contributed by atoms with van der Waals surface area (Å²) in [7, 11) is 0. The molecule has 1 aromatic carbocycles. The molecule has 0 aliphatic heterocycles. The Morgan fingerprint density at radius 2 is 2.37 bits per heavy atom. The third kappa shape index (κ3) is 3.80. The van der Waals surface area contributed by atoms with E-state index in [1.54, 1.807) is 11.4 Å². The zero-order valence-corrected chi connectivity index (χ0v) is 12.7. The van der Waals surface area contributed by atoms with Crippen molar-refractivity contribution in [3.8, 4) is 6.07 Å². The van der Waals surface area contributed by atoms with Gasteiger partial charge in [-0.05, 0) is 18.2 Å². The predicted octanol–water partition coefficient (Wildman–Crippen LogP) is 3.56. The fourth-order valence-corrected chi connectivity index (χ4v) is 3.56. The van der Waals surface area contributed by atoms with Gasteiger partial charge in [0.25, 0.3) is 0 Å². The smallest absolute Gasteiger partial charge is 0.309 e. The number of aromatic nitrogens is 1. The normalized spacial score (nSPS) is 10.1. The van der Waals surface area contributed by atoms with E-state index in [0.29, 0.717) is 11.3 Å². The molecule has 0 amide bonds. The summed E-state index contributed by atoms with van der Waals surface area (Å²) in [5.74, 6) is -0.900. The summed E-state index contributed by atoms with van der Waals surface area (Å²) in [5, 5.41) is 19.5. The molecular formula is C12H7BrN2O2S2. The van der Waals surface area contributed by atoms with Crippen molar-refractivity contribution in [2.24, 2.45) is 0 Å². The standard InChI is InChI=1S/C12H7BrN2O2S2/c13-8-1-2-10(7(3-8)5-14)19-12-15-9(6-18-12)4-11(16)17/h1-3,6H,4H2,(H,16,17). The molecule has 0 atom stereocenters. The number of aliphatic carboxylic acids is 1. The average molecular weight is 355 g/mol. The van der Waals surface area contributed by atoms with Crippen LogP contribution in [0.5, 0.6) is 0 Å². The van der Waals surface area contributed by atoms with Crippen LogP contribution in [0.15, 0.2) is 37.3 Å². The van der Waals surface area contributed by atoms with E-state index in [4.69, 9.17) is 10.4 Å². The first-order valence-electron chi connectivity index (χ1n) is 5.12. The third-order valence-electron chi connectivity index (χ3n) is 2.12. The molecule has 1 heterocycles. The van der Waals surface area contributed by atoms with Crippen LogP contribution in [-0.2, 0) is 11.2 Å². The Morgan fingerprint density at radius 3 is 3.05 bits per heavy atom. The molecule has 96 valence electrons. The van der Waals surface area contributed by atoms with Crippen molar-refractivity contribution in [3.05, 3.63) is 39.3 Å². The molecule has 0 saturated carbocycles. The maximum Gasteiger partial charge on any atom is 0.309 e. The first-order chi connectivity index (χ1) is 9.08. The van der Waals surface area contributed by atoms with Gasteiger partial charge in [0.2, 0.25) is 0 Å². The summed E-state index contributed by atoms with van der Waals surface area (Å²) in [6.45, 7) is 0. The molecule has 2 aromatic rings. The van der Waals surface area contributed by atoms with Gasteiger partial charge in [-0.3, -0.25) is 4.79 Å². The van der Waals surface area contributed by atoms with Crippen molar-refractivity contribution >= 4 is 45.0 Å². The zero-order valence-electron chi connectivity index (χ0n) is 9.46. The van der Waals surface area contributed by atoms with E-state index in [2.05, 4.69) is 27.0 Å². The van der Waals surface area contributed by atoms with Gasteiger partial charge in [-0.1, -0.05) is 27.7 Å². The summed E-state index contributed by atoms with van der Waals surface area (Å²) in [6, 6.07) is 7.57. The Labute approximate surface area is 126 Å². The van der Waals surface area contributed by atoms with Crippen molar-refractivity contribution in [2.75, 3.05) is 0 Å². The number of carboxylic acids is 1. The van der Waals surface area contributed by atoms with Crippen LogP contribution in [0.2, 0.25) is 0 Å². The molecule has 0 fully saturated rings. The van der Waals surface area contributed by atoms with Crippen LogP contribution >= 0.6 is 39.0 Å². The Balaban J connectivity index is 2.20. The average Bonchev–Trinajstić information content (AvgIpc) is 2.78. The topological polar surface area (TPSA) is 74.0 Å². The summed E-state index contributed by atoms with van der Waals surface area (Å²) >= 11 is 6.06. The van der Waals surface area contributed by atoms with Gasteiger partial charge in [0.1, 0.15) is 6.07 Å². The molecule has 19 heavy (non-hydrogen) atoms.